The Morgan fingerprint density at radius 2 is 1.88 bits per heavy atom. The first-order valence-electron chi connectivity index (χ1n) is 2.02. The van der Waals surface area contributed by atoms with E-state index >= 15 is 0 Å². The number of nitrogens with two attached hydrogens (primary N) is 1. The molecule has 0 unspecified atom stereocenters. The molecule has 0 saturated heterocycles. The van der Waals surface area contributed by atoms with Crippen LogP contribution in [-0.4, -0.2) is 27.0 Å². The average Bonchev–Trinajstić information content (AvgIpc) is 1.59. The second-order valence-corrected chi connectivity index (χ2v) is 5.45. The number of rotatable bonds is 2. The Balaban J connectivity index is 3.58. The maximum absolute atomic E-state index is 8.30. The molecule has 0 saturated carbocycles. The highest BCUT2D eigenvalue weighted by Crippen LogP contribution is 2.30. The summed E-state index contributed by atoms with van der Waals surface area (Å²) in [6.07, 6.45) is 0. The van der Waals surface area contributed by atoms with Gasteiger partial charge in [-0.3, -0.25) is 0 Å². The second kappa shape index (κ2) is 3.61. The smallest absolute Gasteiger partial charge is 0.274 e. The molecule has 0 heterocycles. The van der Waals surface area contributed by atoms with E-state index in [-0.39, 0.29) is 10.9 Å². The van der Waals surface area contributed by atoms with E-state index in [1.807, 2.05) is 0 Å². The Labute approximate surface area is 51.2 Å². The normalized spacial score (nSPS) is 12.0. The summed E-state index contributed by atoms with van der Waals surface area (Å²) in [5.41, 5.74) is 5.01. The lowest BCUT2D eigenvalue weighted by Crippen LogP contribution is -2.03. The maximum Gasteiger partial charge on any atom is 0.274 e. The zero-order chi connectivity index (χ0) is 6.62. The van der Waals surface area contributed by atoms with E-state index in [1.54, 1.807) is 0 Å². The summed E-state index contributed by atoms with van der Waals surface area (Å²) in [6.45, 7) is -3.17. The van der Waals surface area contributed by atoms with Gasteiger partial charge in [0.15, 0.2) is 0 Å². The molecule has 0 fully saturated rings. The van der Waals surface area contributed by atoms with Crippen LogP contribution < -0.4 is 5.73 Å². The van der Waals surface area contributed by atoms with Crippen LogP contribution in [0, 0.1) is 0 Å². The Kier molecular flexibility index (Phi) is 3.89. The van der Waals surface area contributed by atoms with Crippen LogP contribution in [0.15, 0.2) is 0 Å². The van der Waals surface area contributed by atoms with Crippen molar-refractivity contribution in [3.05, 3.63) is 0 Å². The summed E-state index contributed by atoms with van der Waals surface area (Å²) in [7, 11) is 0.240. The average molecular weight is 159 g/mol. The summed E-state index contributed by atoms with van der Waals surface area (Å²) < 4.78 is 0. The Morgan fingerprint density at radius 3 is 2.00 bits per heavy atom. The molecular weight excluding hydrogens is 149 g/mol. The number of hydrogen-bond acceptors (Lipinski definition) is 1. The van der Waals surface area contributed by atoms with Crippen molar-refractivity contribution in [3.63, 3.8) is 0 Å². The van der Waals surface area contributed by atoms with Crippen LogP contribution in [0.25, 0.3) is 0 Å². The molecule has 4 nitrogen and oxygen atoms in total. The molecule has 6 heteroatoms. The number of thiol groups is 1. The van der Waals surface area contributed by atoms with Crippen molar-refractivity contribution in [2.75, 3.05) is 12.3 Å². The molecule has 0 aromatic heterocycles. The molecule has 0 spiro atoms. The summed E-state index contributed by atoms with van der Waals surface area (Å²) in [6, 6.07) is 0. The summed E-state index contributed by atoms with van der Waals surface area (Å²) in [5, 5.41) is 0. The first-order valence-corrected chi connectivity index (χ1v) is 5.46. The third-order valence-electron chi connectivity index (χ3n) is 0.419. The summed E-state index contributed by atoms with van der Waals surface area (Å²) in [5.74, 6) is 0.428. The largest absolute Gasteiger partial charge is 0.330 e. The molecule has 0 atom stereocenters. The van der Waals surface area contributed by atoms with Gasteiger partial charge >= 0.3 is 0 Å². The van der Waals surface area contributed by atoms with Crippen LogP contribution >= 0.6 is 6.72 Å². The summed E-state index contributed by atoms with van der Waals surface area (Å²) in [4.78, 5) is 24.9. The van der Waals surface area contributed by atoms with Gasteiger partial charge < -0.3 is 20.4 Å². The van der Waals surface area contributed by atoms with Crippen molar-refractivity contribution in [3.8, 4) is 0 Å². The minimum absolute atomic E-state index is 0.240. The van der Waals surface area contributed by atoms with Gasteiger partial charge in [-0.05, 0) is 0 Å². The first-order chi connectivity index (χ1) is 3.56. The molecule has 5 N–H and O–H groups in total. The van der Waals surface area contributed by atoms with E-state index in [2.05, 4.69) is 0 Å². The van der Waals surface area contributed by atoms with Gasteiger partial charge in [-0.2, -0.15) is 0 Å². The molecule has 0 aliphatic heterocycles. The van der Waals surface area contributed by atoms with Crippen LogP contribution in [0.4, 0.5) is 0 Å². The molecule has 0 bridgehead atoms. The van der Waals surface area contributed by atoms with E-state index < -0.39 is 6.72 Å². The van der Waals surface area contributed by atoms with Crippen molar-refractivity contribution in [1.29, 1.82) is 0 Å². The van der Waals surface area contributed by atoms with Crippen molar-refractivity contribution in [2.24, 2.45) is 5.73 Å². The predicted octanol–water partition coefficient (Wildman–Crippen LogP) is -1.59. The quantitative estimate of drug-likeness (QED) is 0.248. The zero-order valence-electron chi connectivity index (χ0n) is 4.23. The van der Waals surface area contributed by atoms with Gasteiger partial charge in [0.2, 0.25) is 0 Å². The van der Waals surface area contributed by atoms with E-state index in [0.29, 0.717) is 12.3 Å². The zero-order valence-corrected chi connectivity index (χ0v) is 6.02. The van der Waals surface area contributed by atoms with Gasteiger partial charge in [0.05, 0.1) is 0 Å². The minimum Gasteiger partial charge on any atom is -0.330 e. The molecule has 0 amide bonds. The van der Waals surface area contributed by atoms with Crippen molar-refractivity contribution < 1.29 is 14.7 Å². The van der Waals surface area contributed by atoms with Crippen molar-refractivity contribution in [1.82, 2.24) is 0 Å². The first kappa shape index (κ1) is 8.62. The molecule has 0 aliphatic carbocycles. The van der Waals surface area contributed by atoms with E-state index in [9.17, 15) is 0 Å². The van der Waals surface area contributed by atoms with Gasteiger partial charge in [-0.15, -0.1) is 10.9 Å². The predicted molar refractivity (Wildman–Crippen MR) is 36.3 cm³/mol. The Morgan fingerprint density at radius 1 is 1.38 bits per heavy atom. The fourth-order valence-corrected chi connectivity index (χ4v) is 1.73. The minimum atomic E-state index is -3.54. The fraction of sp³-hybridized carbons (Fsp3) is 1.00. The molecule has 52 valence electrons. The van der Waals surface area contributed by atoms with Crippen molar-refractivity contribution >= 4 is 17.7 Å². The van der Waals surface area contributed by atoms with Crippen LogP contribution in [-0.2, 0) is 10.9 Å². The molecule has 8 heavy (non-hydrogen) atoms. The molecule has 0 aromatic rings. The lowest BCUT2D eigenvalue weighted by Gasteiger charge is -1.99. The summed E-state index contributed by atoms with van der Waals surface area (Å²) >= 11 is 0. The number of hydrogen-bond donors (Lipinski definition) is 5. The Hall–Kier alpha value is 0.620. The second-order valence-electron chi connectivity index (χ2n) is 1.19. The highest BCUT2D eigenvalue weighted by atomic mass is 32.5. The molecule has 0 radical (unpaired) electrons. The Bertz CT molecular complexity index is 102. The van der Waals surface area contributed by atoms with Crippen LogP contribution in [0.3, 0.4) is 0 Å². The van der Waals surface area contributed by atoms with E-state index in [1.165, 1.54) is 0 Å². The topological polar surface area (TPSA) is 86.7 Å². The molecule has 0 aromatic carbocycles. The SMILES string of the molecule is NCC[SH]=P(O)(O)O. The third kappa shape index (κ3) is 6.62. The van der Waals surface area contributed by atoms with E-state index in [0.717, 1.165) is 0 Å². The lowest BCUT2D eigenvalue weighted by atomic mass is 10.8. The van der Waals surface area contributed by atoms with Gasteiger partial charge in [0, 0.05) is 12.3 Å². The fourth-order valence-electron chi connectivity index (χ4n) is 0.192. The van der Waals surface area contributed by atoms with Crippen LogP contribution in [0.2, 0.25) is 0 Å². The molecule has 0 rings (SSSR count). The monoisotopic (exact) mass is 159 g/mol. The molecular formula is C2H10NO3PS. The third-order valence-corrected chi connectivity index (χ3v) is 2.99. The lowest BCUT2D eigenvalue weighted by molar-refractivity contribution is 0.363. The highest BCUT2D eigenvalue weighted by Gasteiger charge is 1.96. The van der Waals surface area contributed by atoms with Gasteiger partial charge in [0.1, 0.15) is 0 Å². The van der Waals surface area contributed by atoms with Gasteiger partial charge in [0.25, 0.3) is 6.72 Å². The van der Waals surface area contributed by atoms with Gasteiger partial charge in [-0.1, -0.05) is 0 Å². The van der Waals surface area contributed by atoms with E-state index in [4.69, 9.17) is 20.4 Å². The van der Waals surface area contributed by atoms with Crippen molar-refractivity contribution in [2.45, 2.75) is 0 Å². The molecule has 0 aliphatic rings. The maximum atomic E-state index is 8.30. The van der Waals surface area contributed by atoms with Crippen LogP contribution in [0.1, 0.15) is 0 Å². The van der Waals surface area contributed by atoms with Gasteiger partial charge in [-0.25, -0.2) is 0 Å². The highest BCUT2D eigenvalue weighted by molar-refractivity contribution is 8.16. The van der Waals surface area contributed by atoms with Crippen LogP contribution in [0.5, 0.6) is 0 Å². The standard InChI is InChI=1S/C2H10NO3PS/c3-1-2-8-7(4,5)6/h4-6,8H,1-3H2.